The lowest BCUT2D eigenvalue weighted by Gasteiger charge is -2.13. The number of amides is 1. The maximum absolute atomic E-state index is 11.7. The number of carbonyl (C=O) groups is 1. The maximum Gasteiger partial charge on any atom is 0.234 e. The molecule has 0 aromatic carbocycles. The van der Waals surface area contributed by atoms with Gasteiger partial charge in [0.2, 0.25) is 5.91 Å². The summed E-state index contributed by atoms with van der Waals surface area (Å²) in [6.07, 6.45) is 2.41. The van der Waals surface area contributed by atoms with Crippen molar-refractivity contribution in [1.29, 1.82) is 0 Å². The molecule has 94 valence electrons. The van der Waals surface area contributed by atoms with Gasteiger partial charge < -0.3 is 10.6 Å². The number of rotatable bonds is 5. The third-order valence-electron chi connectivity index (χ3n) is 2.84. The molecule has 0 aliphatic heterocycles. The highest BCUT2D eigenvalue weighted by atomic mass is 32.1. The molecule has 1 aromatic rings. The molecule has 1 heterocycles. The van der Waals surface area contributed by atoms with E-state index in [2.05, 4.69) is 15.6 Å². The fourth-order valence-electron chi connectivity index (χ4n) is 1.83. The lowest BCUT2D eigenvalue weighted by atomic mass is 10.2. The van der Waals surface area contributed by atoms with Crippen molar-refractivity contribution in [2.75, 3.05) is 6.54 Å². The van der Waals surface area contributed by atoms with Gasteiger partial charge in [0, 0.05) is 10.9 Å². The van der Waals surface area contributed by atoms with Crippen molar-refractivity contribution in [3.8, 4) is 0 Å². The van der Waals surface area contributed by atoms with Gasteiger partial charge in [-0.2, -0.15) is 0 Å². The summed E-state index contributed by atoms with van der Waals surface area (Å²) in [4.78, 5) is 17.2. The molecule has 1 aliphatic rings. The number of carbonyl (C=O) groups excluding carboxylic acids is 1. The second kappa shape index (κ2) is 5.14. The van der Waals surface area contributed by atoms with Gasteiger partial charge in [-0.3, -0.25) is 4.79 Å². The highest BCUT2D eigenvalue weighted by molar-refractivity contribution is 7.11. The Labute approximate surface area is 106 Å². The van der Waals surface area contributed by atoms with E-state index in [4.69, 9.17) is 0 Å². The summed E-state index contributed by atoms with van der Waals surface area (Å²) in [7, 11) is 0. The zero-order valence-corrected chi connectivity index (χ0v) is 11.4. The molecular weight excluding hydrogens is 234 g/mol. The third-order valence-corrected chi connectivity index (χ3v) is 4.09. The van der Waals surface area contributed by atoms with Gasteiger partial charge >= 0.3 is 0 Å². The molecule has 17 heavy (non-hydrogen) atoms. The second-order valence-electron chi connectivity index (χ2n) is 4.63. The summed E-state index contributed by atoms with van der Waals surface area (Å²) in [5.41, 5.74) is 1.02. The van der Waals surface area contributed by atoms with Crippen LogP contribution in [0, 0.1) is 13.8 Å². The molecule has 1 amide bonds. The van der Waals surface area contributed by atoms with E-state index in [-0.39, 0.29) is 11.9 Å². The van der Waals surface area contributed by atoms with Crippen LogP contribution in [0.25, 0.3) is 0 Å². The molecule has 0 spiro atoms. The first-order chi connectivity index (χ1) is 8.06. The van der Waals surface area contributed by atoms with Crippen molar-refractivity contribution in [1.82, 2.24) is 15.6 Å². The van der Waals surface area contributed by atoms with E-state index in [0.717, 1.165) is 15.6 Å². The summed E-state index contributed by atoms with van der Waals surface area (Å²) in [5.74, 6) is 0.0647. The van der Waals surface area contributed by atoms with Gasteiger partial charge in [0.05, 0.1) is 23.3 Å². The van der Waals surface area contributed by atoms with Gasteiger partial charge in [-0.1, -0.05) is 0 Å². The largest absolute Gasteiger partial charge is 0.348 e. The van der Waals surface area contributed by atoms with Crippen LogP contribution in [0.2, 0.25) is 0 Å². The molecular formula is C12H19N3OS. The lowest BCUT2D eigenvalue weighted by molar-refractivity contribution is -0.120. The first-order valence-electron chi connectivity index (χ1n) is 6.03. The number of hydrogen-bond donors (Lipinski definition) is 2. The quantitative estimate of drug-likeness (QED) is 0.839. The van der Waals surface area contributed by atoms with E-state index in [0.29, 0.717) is 12.6 Å². The summed E-state index contributed by atoms with van der Waals surface area (Å²) in [6.45, 7) is 6.41. The monoisotopic (exact) mass is 253 g/mol. The first-order valence-corrected chi connectivity index (χ1v) is 6.84. The number of thiazole rings is 1. The second-order valence-corrected chi connectivity index (χ2v) is 5.86. The van der Waals surface area contributed by atoms with Gasteiger partial charge in [0.25, 0.3) is 0 Å². The van der Waals surface area contributed by atoms with E-state index in [1.54, 1.807) is 11.3 Å². The Morgan fingerprint density at radius 3 is 2.76 bits per heavy atom. The average Bonchev–Trinajstić information content (AvgIpc) is 3.01. The molecule has 5 heteroatoms. The highest BCUT2D eigenvalue weighted by Crippen LogP contribution is 2.24. The molecule has 1 unspecified atom stereocenters. The zero-order chi connectivity index (χ0) is 12.4. The SMILES string of the molecule is Cc1nc(C)c(C(C)NC(=O)CNC2CC2)s1. The summed E-state index contributed by atoms with van der Waals surface area (Å²) in [6, 6.07) is 0.623. The van der Waals surface area contributed by atoms with Crippen molar-refractivity contribution in [2.24, 2.45) is 0 Å². The Kier molecular flexibility index (Phi) is 3.79. The zero-order valence-electron chi connectivity index (χ0n) is 10.5. The van der Waals surface area contributed by atoms with E-state index in [1.165, 1.54) is 12.8 Å². The Morgan fingerprint density at radius 1 is 1.53 bits per heavy atom. The molecule has 1 aromatic heterocycles. The fraction of sp³-hybridized carbons (Fsp3) is 0.667. The summed E-state index contributed by atoms with van der Waals surface area (Å²) < 4.78 is 0. The van der Waals surface area contributed by atoms with Crippen LogP contribution in [-0.4, -0.2) is 23.5 Å². The summed E-state index contributed by atoms with van der Waals surface area (Å²) >= 11 is 1.65. The molecule has 0 bridgehead atoms. The number of nitrogens with zero attached hydrogens (tertiary/aromatic N) is 1. The van der Waals surface area contributed by atoms with Crippen LogP contribution in [0.15, 0.2) is 0 Å². The van der Waals surface area contributed by atoms with Gasteiger partial charge in [0.1, 0.15) is 0 Å². The number of aromatic nitrogens is 1. The predicted octanol–water partition coefficient (Wildman–Crippen LogP) is 1.69. The number of nitrogens with one attached hydrogen (secondary N) is 2. The third kappa shape index (κ3) is 3.51. The van der Waals surface area contributed by atoms with E-state index in [1.807, 2.05) is 20.8 Å². The van der Waals surface area contributed by atoms with Crippen molar-refractivity contribution in [2.45, 2.75) is 45.7 Å². The van der Waals surface area contributed by atoms with Crippen LogP contribution in [0.1, 0.15) is 41.4 Å². The molecule has 0 saturated heterocycles. The number of aryl methyl sites for hydroxylation is 2. The molecule has 2 N–H and O–H groups in total. The molecule has 2 rings (SSSR count). The molecule has 1 fully saturated rings. The Morgan fingerprint density at radius 2 is 2.24 bits per heavy atom. The van der Waals surface area contributed by atoms with Crippen LogP contribution in [0.4, 0.5) is 0 Å². The topological polar surface area (TPSA) is 54.0 Å². The van der Waals surface area contributed by atoms with Crippen molar-refractivity contribution < 1.29 is 4.79 Å². The van der Waals surface area contributed by atoms with Crippen molar-refractivity contribution >= 4 is 17.2 Å². The van der Waals surface area contributed by atoms with Crippen molar-refractivity contribution in [3.05, 3.63) is 15.6 Å². The van der Waals surface area contributed by atoms with E-state index < -0.39 is 0 Å². The lowest BCUT2D eigenvalue weighted by Crippen LogP contribution is -2.36. The predicted molar refractivity (Wildman–Crippen MR) is 69.2 cm³/mol. The van der Waals surface area contributed by atoms with Crippen LogP contribution >= 0.6 is 11.3 Å². The van der Waals surface area contributed by atoms with Crippen LogP contribution < -0.4 is 10.6 Å². The average molecular weight is 253 g/mol. The smallest absolute Gasteiger partial charge is 0.234 e. The molecule has 0 radical (unpaired) electrons. The highest BCUT2D eigenvalue weighted by Gasteiger charge is 2.22. The molecule has 4 nitrogen and oxygen atoms in total. The Balaban J connectivity index is 1.84. The Bertz CT molecular complexity index is 412. The summed E-state index contributed by atoms with van der Waals surface area (Å²) in [5, 5.41) is 7.26. The number of hydrogen-bond acceptors (Lipinski definition) is 4. The van der Waals surface area contributed by atoms with Gasteiger partial charge in [-0.25, -0.2) is 4.98 Å². The fourth-order valence-corrected chi connectivity index (χ4v) is 2.76. The maximum atomic E-state index is 11.7. The van der Waals surface area contributed by atoms with E-state index >= 15 is 0 Å². The van der Waals surface area contributed by atoms with E-state index in [9.17, 15) is 4.79 Å². The van der Waals surface area contributed by atoms with Gasteiger partial charge in [0.15, 0.2) is 0 Å². The molecule has 1 aliphatic carbocycles. The minimum atomic E-state index is 0.0507. The van der Waals surface area contributed by atoms with Crippen LogP contribution in [-0.2, 0) is 4.79 Å². The van der Waals surface area contributed by atoms with Gasteiger partial charge in [-0.15, -0.1) is 11.3 Å². The molecule has 1 saturated carbocycles. The Hall–Kier alpha value is -0.940. The minimum absolute atomic E-state index is 0.0507. The van der Waals surface area contributed by atoms with Crippen LogP contribution in [0.3, 0.4) is 0 Å². The standard InChI is InChI=1S/C12H19N3OS/c1-7-12(17-9(3)14-7)8(2)15-11(16)6-13-10-4-5-10/h8,10,13H,4-6H2,1-3H3,(H,15,16). The normalized spacial score (nSPS) is 16.9. The minimum Gasteiger partial charge on any atom is -0.348 e. The van der Waals surface area contributed by atoms with Gasteiger partial charge in [-0.05, 0) is 33.6 Å². The first kappa shape index (κ1) is 12.5. The van der Waals surface area contributed by atoms with Crippen LogP contribution in [0.5, 0.6) is 0 Å². The van der Waals surface area contributed by atoms with Crippen molar-refractivity contribution in [3.63, 3.8) is 0 Å². The molecule has 1 atom stereocenters.